The Bertz CT molecular complexity index is 2420. The van der Waals surface area contributed by atoms with Gasteiger partial charge in [-0.25, -0.2) is 15.0 Å². The molecule has 7 heteroatoms. The van der Waals surface area contributed by atoms with Crippen LogP contribution in [-0.4, -0.2) is 15.0 Å². The zero-order valence-electron chi connectivity index (χ0n) is 24.4. The van der Waals surface area contributed by atoms with Gasteiger partial charge in [-0.1, -0.05) is 115 Å². The quantitative estimate of drug-likeness (QED) is 0.179. The number of rotatable bonds is 4. The lowest BCUT2D eigenvalue weighted by atomic mass is 10.1. The van der Waals surface area contributed by atoms with Crippen molar-refractivity contribution in [3.05, 3.63) is 146 Å². The van der Waals surface area contributed by atoms with Crippen LogP contribution < -0.4 is 15.9 Å². The molecule has 8 aromatic rings. The van der Waals surface area contributed by atoms with Crippen LogP contribution in [0, 0.1) is 0 Å². The van der Waals surface area contributed by atoms with Gasteiger partial charge >= 0.3 is 0 Å². The molecule has 0 aliphatic carbocycles. The highest BCUT2D eigenvalue weighted by molar-refractivity contribution is 8.02. The fourth-order valence-electron chi connectivity index (χ4n) is 6.17. The first-order chi connectivity index (χ1) is 22.6. The summed E-state index contributed by atoms with van der Waals surface area (Å²) >= 11 is 3.47. The minimum Gasteiger partial charge on any atom is -0.309 e. The Morgan fingerprint density at radius 2 is 1.02 bits per heavy atom. The van der Waals surface area contributed by atoms with Gasteiger partial charge in [-0.3, -0.25) is 0 Å². The number of nitrogens with zero attached hydrogens (tertiary/aromatic N) is 3. The van der Waals surface area contributed by atoms with E-state index in [0.717, 1.165) is 53.2 Å². The molecule has 1 aliphatic heterocycles. The van der Waals surface area contributed by atoms with Crippen LogP contribution in [0.3, 0.4) is 0 Å². The van der Waals surface area contributed by atoms with Gasteiger partial charge < -0.3 is 4.57 Å². The third-order valence-electron chi connectivity index (χ3n) is 8.39. The zero-order valence-corrected chi connectivity index (χ0v) is 26.9. The van der Waals surface area contributed by atoms with Gasteiger partial charge in [0.1, 0.15) is 0 Å². The largest absolute Gasteiger partial charge is 0.309 e. The third-order valence-corrected chi connectivity index (χ3v) is 14.1. The molecule has 0 bridgehead atoms. The van der Waals surface area contributed by atoms with Crippen molar-refractivity contribution in [3.63, 3.8) is 0 Å². The first-order valence-corrected chi connectivity index (χ1v) is 18.3. The molecule has 0 fully saturated rings. The lowest BCUT2D eigenvalue weighted by molar-refractivity contribution is 0.592. The van der Waals surface area contributed by atoms with E-state index < -0.39 is 7.14 Å². The van der Waals surface area contributed by atoms with E-state index >= 15 is 4.57 Å². The first kappa shape index (κ1) is 27.4. The van der Waals surface area contributed by atoms with Crippen molar-refractivity contribution in [2.75, 3.05) is 0 Å². The fourth-order valence-corrected chi connectivity index (χ4v) is 12.1. The standard InChI is InChI=1S/C39H24N3OPS2/c43-44(28-16-8-3-9-17-28)31-18-10-11-19-34(31)46-36-24-35-30(23-32(36)44)29-22-27(20-21-33(29)45-35)39-41-37(25-12-4-1-5-13-25)40-38(42-39)26-14-6-2-7-15-26/h1-24H. The molecule has 1 atom stereocenters. The van der Waals surface area contributed by atoms with Gasteiger partial charge in [0.2, 0.25) is 0 Å². The average molecular weight is 646 g/mol. The van der Waals surface area contributed by atoms with E-state index in [1.165, 1.54) is 9.40 Å². The number of benzene rings is 6. The number of aromatic nitrogens is 3. The monoisotopic (exact) mass is 645 g/mol. The number of hydrogen-bond donors (Lipinski definition) is 0. The van der Waals surface area contributed by atoms with Gasteiger partial charge in [0.15, 0.2) is 24.6 Å². The second-order valence-electron chi connectivity index (χ2n) is 11.2. The van der Waals surface area contributed by atoms with Gasteiger partial charge in [-0.05, 0) is 42.5 Å². The van der Waals surface area contributed by atoms with Crippen LogP contribution in [0.25, 0.3) is 54.3 Å². The van der Waals surface area contributed by atoms with Crippen molar-refractivity contribution in [2.45, 2.75) is 9.79 Å². The SMILES string of the molecule is O=P1(c2ccccc2)c2ccccc2Sc2cc3sc4ccc(-c5nc(-c6ccccc6)nc(-c6ccccc6)n5)cc4c3cc21. The summed E-state index contributed by atoms with van der Waals surface area (Å²) in [5, 5.41) is 4.86. The fraction of sp³-hybridized carbons (Fsp3) is 0. The summed E-state index contributed by atoms with van der Waals surface area (Å²) in [5.41, 5.74) is 2.78. The highest BCUT2D eigenvalue weighted by Gasteiger charge is 2.38. The number of thiophene rings is 1. The normalized spacial score (nSPS) is 15.5. The molecule has 1 unspecified atom stereocenters. The topological polar surface area (TPSA) is 55.7 Å². The van der Waals surface area contributed by atoms with E-state index in [9.17, 15) is 0 Å². The van der Waals surface area contributed by atoms with E-state index in [2.05, 4.69) is 36.4 Å². The molecule has 6 aromatic carbocycles. The van der Waals surface area contributed by atoms with E-state index in [0.29, 0.717) is 17.5 Å². The smallest absolute Gasteiger partial charge is 0.173 e. The molecule has 0 saturated heterocycles. The van der Waals surface area contributed by atoms with E-state index in [1.54, 1.807) is 23.1 Å². The summed E-state index contributed by atoms with van der Waals surface area (Å²) in [5.74, 6) is 1.88. The van der Waals surface area contributed by atoms with Gasteiger partial charge in [-0.15, -0.1) is 11.3 Å². The second kappa shape index (κ2) is 10.9. The van der Waals surface area contributed by atoms with Crippen molar-refractivity contribution in [1.29, 1.82) is 0 Å². The molecule has 0 saturated carbocycles. The molecule has 3 heterocycles. The Morgan fingerprint density at radius 3 is 1.70 bits per heavy atom. The van der Waals surface area contributed by atoms with Crippen LogP contribution in [0.5, 0.6) is 0 Å². The van der Waals surface area contributed by atoms with Gasteiger partial charge in [0.25, 0.3) is 0 Å². The number of fused-ring (bicyclic) bond motifs is 5. The van der Waals surface area contributed by atoms with Gasteiger partial charge in [0.05, 0.1) is 0 Å². The summed E-state index contributed by atoms with van der Waals surface area (Å²) in [6.07, 6.45) is 0. The molecular weight excluding hydrogens is 622 g/mol. The van der Waals surface area contributed by atoms with E-state index in [-0.39, 0.29) is 0 Å². The molecule has 218 valence electrons. The number of hydrogen-bond acceptors (Lipinski definition) is 6. The molecule has 0 radical (unpaired) electrons. The van der Waals surface area contributed by atoms with Crippen LogP contribution in [0.4, 0.5) is 0 Å². The lowest BCUT2D eigenvalue weighted by Crippen LogP contribution is -2.30. The van der Waals surface area contributed by atoms with Gasteiger partial charge in [0, 0.05) is 62.6 Å². The summed E-state index contributed by atoms with van der Waals surface area (Å²) in [6, 6.07) is 49.0. The van der Waals surface area contributed by atoms with Crippen LogP contribution >= 0.6 is 30.2 Å². The molecule has 1 aliphatic rings. The molecule has 0 spiro atoms. The molecule has 0 N–H and O–H groups in total. The predicted molar refractivity (Wildman–Crippen MR) is 193 cm³/mol. The summed E-state index contributed by atoms with van der Waals surface area (Å²) < 4.78 is 17.7. The molecule has 2 aromatic heterocycles. The van der Waals surface area contributed by atoms with Crippen molar-refractivity contribution in [3.8, 4) is 34.2 Å². The molecular formula is C39H24N3OPS2. The Balaban J connectivity index is 1.25. The maximum atomic E-state index is 15.4. The van der Waals surface area contributed by atoms with Crippen LogP contribution in [0.15, 0.2) is 155 Å². The average Bonchev–Trinajstić information content (AvgIpc) is 3.48. The van der Waals surface area contributed by atoms with Crippen molar-refractivity contribution in [2.24, 2.45) is 0 Å². The Morgan fingerprint density at radius 1 is 0.457 bits per heavy atom. The first-order valence-electron chi connectivity index (χ1n) is 15.0. The maximum Gasteiger partial charge on any atom is 0.173 e. The molecule has 4 nitrogen and oxygen atoms in total. The Kier molecular flexibility index (Phi) is 6.49. The summed E-state index contributed by atoms with van der Waals surface area (Å²) in [6.45, 7) is 0. The van der Waals surface area contributed by atoms with E-state index in [1.807, 2.05) is 109 Å². The Labute approximate surface area is 274 Å². The third kappa shape index (κ3) is 4.45. The zero-order chi connectivity index (χ0) is 30.7. The van der Waals surface area contributed by atoms with Crippen LogP contribution in [0.1, 0.15) is 0 Å². The minimum absolute atomic E-state index is 0.617. The molecule has 0 amide bonds. The van der Waals surface area contributed by atoms with E-state index in [4.69, 9.17) is 15.0 Å². The lowest BCUT2D eigenvalue weighted by Gasteiger charge is -2.28. The summed E-state index contributed by atoms with van der Waals surface area (Å²) in [4.78, 5) is 16.9. The maximum absolute atomic E-state index is 15.4. The van der Waals surface area contributed by atoms with Crippen molar-refractivity contribution < 1.29 is 4.57 Å². The molecule has 9 rings (SSSR count). The highest BCUT2D eigenvalue weighted by Crippen LogP contribution is 2.53. The van der Waals surface area contributed by atoms with Gasteiger partial charge in [-0.2, -0.15) is 0 Å². The van der Waals surface area contributed by atoms with Crippen molar-refractivity contribution in [1.82, 2.24) is 15.0 Å². The second-order valence-corrected chi connectivity index (χ2v) is 16.0. The summed E-state index contributed by atoms with van der Waals surface area (Å²) in [7, 11) is -3.10. The highest BCUT2D eigenvalue weighted by atomic mass is 32.2. The van der Waals surface area contributed by atoms with Crippen molar-refractivity contribution >= 4 is 66.3 Å². The minimum atomic E-state index is -3.10. The molecule has 46 heavy (non-hydrogen) atoms. The van der Waals surface area contributed by atoms with Crippen LogP contribution in [-0.2, 0) is 4.57 Å². The van der Waals surface area contributed by atoms with Crippen LogP contribution in [0.2, 0.25) is 0 Å². The predicted octanol–water partition coefficient (Wildman–Crippen LogP) is 9.34. The Hall–Kier alpha value is -4.87.